The van der Waals surface area contributed by atoms with Crippen LogP contribution in [0.2, 0.25) is 5.02 Å². The Balaban J connectivity index is 2.43. The van der Waals surface area contributed by atoms with E-state index < -0.39 is 0 Å². The highest BCUT2D eigenvalue weighted by Crippen LogP contribution is 2.38. The fourth-order valence-electron chi connectivity index (χ4n) is 1.73. The van der Waals surface area contributed by atoms with E-state index in [1.54, 1.807) is 11.3 Å². The highest BCUT2D eigenvalue weighted by molar-refractivity contribution is 7.12. The standard InChI is InChI=1S/C13H12Cl2S/c1-8-7-9(2)16-13(8)12(15)10-5-3-4-6-11(10)14/h3-7,12H,1-2H3. The van der Waals surface area contributed by atoms with Gasteiger partial charge in [0.05, 0.1) is 5.38 Å². The second-order valence-electron chi connectivity index (χ2n) is 3.79. The van der Waals surface area contributed by atoms with E-state index in [2.05, 4.69) is 19.9 Å². The second-order valence-corrected chi connectivity index (χ2v) is 5.92. The highest BCUT2D eigenvalue weighted by atomic mass is 35.5. The molecule has 2 rings (SSSR count). The molecule has 0 spiro atoms. The van der Waals surface area contributed by atoms with Crippen molar-refractivity contribution in [2.24, 2.45) is 0 Å². The van der Waals surface area contributed by atoms with E-state index in [0.717, 1.165) is 10.6 Å². The minimum Gasteiger partial charge on any atom is -0.143 e. The molecule has 1 heterocycles. The Morgan fingerprint density at radius 1 is 1.19 bits per heavy atom. The molecule has 0 nitrogen and oxygen atoms in total. The van der Waals surface area contributed by atoms with Gasteiger partial charge in [-0.25, -0.2) is 0 Å². The number of aryl methyl sites for hydroxylation is 2. The lowest BCUT2D eigenvalue weighted by molar-refractivity contribution is 1.16. The van der Waals surface area contributed by atoms with Gasteiger partial charge in [0.15, 0.2) is 0 Å². The molecular formula is C13H12Cl2S. The number of rotatable bonds is 2. The Morgan fingerprint density at radius 2 is 1.88 bits per heavy atom. The maximum Gasteiger partial charge on any atom is 0.0944 e. The van der Waals surface area contributed by atoms with Crippen LogP contribution >= 0.6 is 34.5 Å². The minimum atomic E-state index is -0.146. The van der Waals surface area contributed by atoms with E-state index in [-0.39, 0.29) is 5.38 Å². The van der Waals surface area contributed by atoms with Crippen LogP contribution in [0.1, 0.15) is 26.3 Å². The summed E-state index contributed by atoms with van der Waals surface area (Å²) in [7, 11) is 0. The Morgan fingerprint density at radius 3 is 2.44 bits per heavy atom. The van der Waals surface area contributed by atoms with Gasteiger partial charge in [-0.3, -0.25) is 0 Å². The predicted octanol–water partition coefficient (Wildman–Crippen LogP) is 5.35. The van der Waals surface area contributed by atoms with Gasteiger partial charge < -0.3 is 0 Å². The van der Waals surface area contributed by atoms with Crippen LogP contribution in [-0.4, -0.2) is 0 Å². The SMILES string of the molecule is Cc1cc(C)c(C(Cl)c2ccccc2Cl)s1. The first-order valence-electron chi connectivity index (χ1n) is 5.05. The first-order chi connectivity index (χ1) is 7.59. The average molecular weight is 271 g/mol. The van der Waals surface area contributed by atoms with Gasteiger partial charge in [0, 0.05) is 14.8 Å². The average Bonchev–Trinajstić information content (AvgIpc) is 2.58. The van der Waals surface area contributed by atoms with E-state index in [4.69, 9.17) is 23.2 Å². The molecule has 3 heteroatoms. The lowest BCUT2D eigenvalue weighted by atomic mass is 10.1. The van der Waals surface area contributed by atoms with E-state index in [0.29, 0.717) is 0 Å². The summed E-state index contributed by atoms with van der Waals surface area (Å²) in [5.41, 5.74) is 2.22. The van der Waals surface area contributed by atoms with Crippen LogP contribution in [0.25, 0.3) is 0 Å². The van der Waals surface area contributed by atoms with Crippen LogP contribution in [0.15, 0.2) is 30.3 Å². The van der Waals surface area contributed by atoms with Crippen molar-refractivity contribution in [2.75, 3.05) is 0 Å². The number of hydrogen-bond donors (Lipinski definition) is 0. The van der Waals surface area contributed by atoms with Crippen molar-refractivity contribution < 1.29 is 0 Å². The van der Waals surface area contributed by atoms with Crippen molar-refractivity contribution >= 4 is 34.5 Å². The molecule has 16 heavy (non-hydrogen) atoms. The van der Waals surface area contributed by atoms with E-state index in [9.17, 15) is 0 Å². The van der Waals surface area contributed by atoms with Crippen molar-refractivity contribution in [2.45, 2.75) is 19.2 Å². The van der Waals surface area contributed by atoms with Gasteiger partial charge in [-0.15, -0.1) is 22.9 Å². The van der Waals surface area contributed by atoms with Crippen LogP contribution in [0.3, 0.4) is 0 Å². The quantitative estimate of drug-likeness (QED) is 0.646. The molecule has 1 aromatic heterocycles. The summed E-state index contributed by atoms with van der Waals surface area (Å²) in [6.07, 6.45) is 0. The van der Waals surface area contributed by atoms with Crippen molar-refractivity contribution in [3.8, 4) is 0 Å². The number of alkyl halides is 1. The molecule has 1 unspecified atom stereocenters. The normalized spacial score (nSPS) is 12.8. The summed E-state index contributed by atoms with van der Waals surface area (Å²) in [6.45, 7) is 4.18. The van der Waals surface area contributed by atoms with E-state index in [1.165, 1.54) is 15.3 Å². The van der Waals surface area contributed by atoms with Crippen molar-refractivity contribution in [3.63, 3.8) is 0 Å². The largest absolute Gasteiger partial charge is 0.143 e. The number of thiophene rings is 1. The van der Waals surface area contributed by atoms with Crippen LogP contribution in [-0.2, 0) is 0 Å². The molecule has 84 valence electrons. The van der Waals surface area contributed by atoms with Crippen molar-refractivity contribution in [3.05, 3.63) is 56.2 Å². The molecule has 0 saturated heterocycles. The van der Waals surface area contributed by atoms with Gasteiger partial charge in [-0.05, 0) is 37.1 Å². The summed E-state index contributed by atoms with van der Waals surface area (Å²) >= 11 is 14.4. The van der Waals surface area contributed by atoms with Gasteiger partial charge in [0.1, 0.15) is 0 Å². The van der Waals surface area contributed by atoms with Crippen molar-refractivity contribution in [1.29, 1.82) is 0 Å². The molecule has 1 aromatic carbocycles. The smallest absolute Gasteiger partial charge is 0.0944 e. The molecule has 0 radical (unpaired) electrons. The molecule has 0 aliphatic heterocycles. The summed E-state index contributed by atoms with van der Waals surface area (Å²) in [5, 5.41) is 0.584. The second kappa shape index (κ2) is 4.79. The van der Waals surface area contributed by atoms with Gasteiger partial charge >= 0.3 is 0 Å². The summed E-state index contributed by atoms with van der Waals surface area (Å²) in [6, 6.07) is 9.90. The first kappa shape index (κ1) is 12.0. The number of hydrogen-bond acceptors (Lipinski definition) is 1. The molecule has 0 saturated carbocycles. The molecule has 1 atom stereocenters. The predicted molar refractivity (Wildman–Crippen MR) is 72.9 cm³/mol. The zero-order chi connectivity index (χ0) is 11.7. The highest BCUT2D eigenvalue weighted by Gasteiger charge is 2.17. The maximum atomic E-state index is 6.48. The van der Waals surface area contributed by atoms with Gasteiger partial charge in [0.2, 0.25) is 0 Å². The van der Waals surface area contributed by atoms with E-state index >= 15 is 0 Å². The fourth-order valence-corrected chi connectivity index (χ4v) is 3.56. The molecule has 0 amide bonds. The molecule has 0 N–H and O–H groups in total. The maximum absolute atomic E-state index is 6.48. The monoisotopic (exact) mass is 270 g/mol. The third-order valence-electron chi connectivity index (χ3n) is 2.49. The summed E-state index contributed by atoms with van der Waals surface area (Å²) < 4.78 is 0. The third kappa shape index (κ3) is 2.27. The topological polar surface area (TPSA) is 0 Å². The Bertz CT molecular complexity index is 502. The molecule has 2 aromatic rings. The van der Waals surface area contributed by atoms with Gasteiger partial charge in [-0.1, -0.05) is 29.8 Å². The zero-order valence-corrected chi connectivity index (χ0v) is 11.5. The van der Waals surface area contributed by atoms with Crippen LogP contribution < -0.4 is 0 Å². The minimum absolute atomic E-state index is 0.146. The lowest BCUT2D eigenvalue weighted by Crippen LogP contribution is -1.92. The van der Waals surface area contributed by atoms with Gasteiger partial charge in [0.25, 0.3) is 0 Å². The first-order valence-corrected chi connectivity index (χ1v) is 6.68. The molecule has 0 aliphatic carbocycles. The molecule has 0 bridgehead atoms. The van der Waals surface area contributed by atoms with Crippen molar-refractivity contribution in [1.82, 2.24) is 0 Å². The lowest BCUT2D eigenvalue weighted by Gasteiger charge is -2.10. The Labute approximate surface area is 110 Å². The van der Waals surface area contributed by atoms with Gasteiger partial charge in [-0.2, -0.15) is 0 Å². The molecular weight excluding hydrogens is 259 g/mol. The Kier molecular flexibility index (Phi) is 3.58. The summed E-state index contributed by atoms with van der Waals surface area (Å²) in [5.74, 6) is 0. The summed E-state index contributed by atoms with van der Waals surface area (Å²) in [4.78, 5) is 2.47. The number of halogens is 2. The van der Waals surface area contributed by atoms with E-state index in [1.807, 2.05) is 24.3 Å². The molecule has 0 aliphatic rings. The van der Waals surface area contributed by atoms with Crippen LogP contribution in [0, 0.1) is 13.8 Å². The third-order valence-corrected chi connectivity index (χ3v) is 4.63. The number of benzene rings is 1. The van der Waals surface area contributed by atoms with Crippen LogP contribution in [0.4, 0.5) is 0 Å². The Hall–Kier alpha value is -0.500. The fraction of sp³-hybridized carbons (Fsp3) is 0.231. The zero-order valence-electron chi connectivity index (χ0n) is 9.13. The van der Waals surface area contributed by atoms with Crippen LogP contribution in [0.5, 0.6) is 0 Å². The molecule has 0 fully saturated rings.